The van der Waals surface area contributed by atoms with Crippen LogP contribution in [-0.2, 0) is 0 Å². The van der Waals surface area contributed by atoms with Crippen molar-refractivity contribution >= 4 is 22.7 Å². The van der Waals surface area contributed by atoms with E-state index in [0.29, 0.717) is 10.7 Å². The Hall–Kier alpha value is -1.87. The van der Waals surface area contributed by atoms with Gasteiger partial charge in [0, 0.05) is 5.56 Å². The van der Waals surface area contributed by atoms with E-state index in [1.807, 2.05) is 43.3 Å². The average Bonchev–Trinajstić information content (AvgIpc) is 2.73. The van der Waals surface area contributed by atoms with Crippen LogP contribution in [0.3, 0.4) is 0 Å². The van der Waals surface area contributed by atoms with Gasteiger partial charge in [-0.25, -0.2) is 4.98 Å². The number of benzene rings is 1. The van der Waals surface area contributed by atoms with Gasteiger partial charge in [0.2, 0.25) is 0 Å². The third-order valence-electron chi connectivity index (χ3n) is 2.64. The molecule has 2 heterocycles. The standard InChI is InChI=1S/C13H9ClN2O/c1-8-12-10(14)7-11(15-13(12)17-16-8)9-5-3-2-4-6-9/h2-7H,1H3. The monoisotopic (exact) mass is 244 g/mol. The molecule has 0 saturated carbocycles. The first-order valence-electron chi connectivity index (χ1n) is 5.23. The number of hydrogen-bond acceptors (Lipinski definition) is 3. The topological polar surface area (TPSA) is 38.9 Å². The van der Waals surface area contributed by atoms with Crippen LogP contribution in [0.1, 0.15) is 5.69 Å². The molecule has 3 rings (SSSR count). The van der Waals surface area contributed by atoms with Crippen LogP contribution in [-0.4, -0.2) is 10.1 Å². The summed E-state index contributed by atoms with van der Waals surface area (Å²) in [5.41, 5.74) is 3.04. The number of halogens is 1. The molecule has 17 heavy (non-hydrogen) atoms. The zero-order valence-corrected chi connectivity index (χ0v) is 9.90. The van der Waals surface area contributed by atoms with Gasteiger partial charge in [0.25, 0.3) is 5.71 Å². The van der Waals surface area contributed by atoms with Gasteiger partial charge in [0.1, 0.15) is 0 Å². The Morgan fingerprint density at radius 2 is 1.94 bits per heavy atom. The van der Waals surface area contributed by atoms with Crippen molar-refractivity contribution in [1.82, 2.24) is 10.1 Å². The van der Waals surface area contributed by atoms with Gasteiger partial charge in [-0.15, -0.1) is 0 Å². The Morgan fingerprint density at radius 3 is 2.71 bits per heavy atom. The van der Waals surface area contributed by atoms with Crippen LogP contribution >= 0.6 is 11.6 Å². The molecule has 0 amide bonds. The highest BCUT2D eigenvalue weighted by atomic mass is 35.5. The van der Waals surface area contributed by atoms with Crippen LogP contribution in [0.5, 0.6) is 0 Å². The second-order valence-electron chi connectivity index (χ2n) is 3.80. The van der Waals surface area contributed by atoms with Crippen molar-refractivity contribution in [3.05, 3.63) is 47.1 Å². The lowest BCUT2D eigenvalue weighted by atomic mass is 10.1. The van der Waals surface area contributed by atoms with Crippen LogP contribution in [0.15, 0.2) is 40.9 Å². The van der Waals surface area contributed by atoms with E-state index in [-0.39, 0.29) is 0 Å². The van der Waals surface area contributed by atoms with Crippen LogP contribution < -0.4 is 0 Å². The van der Waals surface area contributed by atoms with Crippen LogP contribution in [0.4, 0.5) is 0 Å². The quantitative estimate of drug-likeness (QED) is 0.653. The molecule has 0 atom stereocenters. The van der Waals surface area contributed by atoms with E-state index in [1.54, 1.807) is 0 Å². The summed E-state index contributed by atoms with van der Waals surface area (Å²) in [5, 5.41) is 5.27. The Kier molecular flexibility index (Phi) is 2.34. The lowest BCUT2D eigenvalue weighted by Crippen LogP contribution is -1.84. The number of aryl methyl sites for hydroxylation is 1. The van der Waals surface area contributed by atoms with Gasteiger partial charge >= 0.3 is 0 Å². The molecule has 0 radical (unpaired) electrons. The number of aromatic nitrogens is 2. The predicted octanol–water partition coefficient (Wildman–Crippen LogP) is 3.85. The van der Waals surface area contributed by atoms with Crippen molar-refractivity contribution in [3.63, 3.8) is 0 Å². The Balaban J connectivity index is 2.26. The molecule has 0 aliphatic heterocycles. The summed E-state index contributed by atoms with van der Waals surface area (Å²) in [5.74, 6) is 0. The van der Waals surface area contributed by atoms with E-state index in [1.165, 1.54) is 0 Å². The molecule has 0 fully saturated rings. The molecule has 0 spiro atoms. The highest BCUT2D eigenvalue weighted by molar-refractivity contribution is 6.35. The van der Waals surface area contributed by atoms with Gasteiger partial charge in [-0.1, -0.05) is 47.1 Å². The first kappa shape index (κ1) is 10.3. The maximum atomic E-state index is 6.22. The van der Waals surface area contributed by atoms with Gasteiger partial charge in [-0.3, -0.25) is 0 Å². The van der Waals surface area contributed by atoms with Gasteiger partial charge in [-0.2, -0.15) is 0 Å². The number of pyridine rings is 1. The fourth-order valence-electron chi connectivity index (χ4n) is 1.80. The minimum absolute atomic E-state index is 0.480. The molecule has 0 aliphatic carbocycles. The second-order valence-corrected chi connectivity index (χ2v) is 4.21. The molecule has 2 aromatic heterocycles. The predicted molar refractivity (Wildman–Crippen MR) is 67.0 cm³/mol. The number of nitrogens with zero attached hydrogens (tertiary/aromatic N) is 2. The van der Waals surface area contributed by atoms with Gasteiger partial charge in [0.15, 0.2) is 0 Å². The van der Waals surface area contributed by atoms with Gasteiger partial charge < -0.3 is 4.52 Å². The summed E-state index contributed by atoms with van der Waals surface area (Å²) in [6.45, 7) is 1.85. The van der Waals surface area contributed by atoms with E-state index in [2.05, 4.69) is 10.1 Å². The van der Waals surface area contributed by atoms with E-state index in [9.17, 15) is 0 Å². The molecule has 84 valence electrons. The van der Waals surface area contributed by atoms with Crippen LogP contribution in [0.25, 0.3) is 22.4 Å². The third kappa shape index (κ3) is 1.68. The zero-order chi connectivity index (χ0) is 11.8. The molecule has 3 nitrogen and oxygen atoms in total. The summed E-state index contributed by atoms with van der Waals surface area (Å²) in [6, 6.07) is 11.7. The van der Waals surface area contributed by atoms with Crippen molar-refractivity contribution in [2.45, 2.75) is 6.92 Å². The number of rotatable bonds is 1. The summed E-state index contributed by atoms with van der Waals surface area (Å²) in [4.78, 5) is 4.41. The summed E-state index contributed by atoms with van der Waals surface area (Å²) in [7, 11) is 0. The molecule has 0 saturated heterocycles. The van der Waals surface area contributed by atoms with Crippen molar-refractivity contribution in [2.24, 2.45) is 0 Å². The van der Waals surface area contributed by atoms with Crippen molar-refractivity contribution in [3.8, 4) is 11.3 Å². The molecular weight excluding hydrogens is 236 g/mol. The first-order chi connectivity index (χ1) is 8.25. The fraction of sp³-hybridized carbons (Fsp3) is 0.0769. The van der Waals surface area contributed by atoms with E-state index in [0.717, 1.165) is 22.3 Å². The summed E-state index contributed by atoms with van der Waals surface area (Å²) < 4.78 is 5.15. The number of hydrogen-bond donors (Lipinski definition) is 0. The minimum atomic E-state index is 0.480. The summed E-state index contributed by atoms with van der Waals surface area (Å²) in [6.07, 6.45) is 0. The number of fused-ring (bicyclic) bond motifs is 1. The van der Waals surface area contributed by atoms with E-state index < -0.39 is 0 Å². The molecule has 0 aliphatic rings. The van der Waals surface area contributed by atoms with Crippen molar-refractivity contribution in [1.29, 1.82) is 0 Å². The SMILES string of the molecule is Cc1noc2nc(-c3ccccc3)cc(Cl)c12. The minimum Gasteiger partial charge on any atom is -0.335 e. The molecule has 0 N–H and O–H groups in total. The summed E-state index contributed by atoms with van der Waals surface area (Å²) >= 11 is 6.22. The van der Waals surface area contributed by atoms with Crippen LogP contribution in [0.2, 0.25) is 5.02 Å². The van der Waals surface area contributed by atoms with E-state index >= 15 is 0 Å². The maximum Gasteiger partial charge on any atom is 0.260 e. The van der Waals surface area contributed by atoms with E-state index in [4.69, 9.17) is 16.1 Å². The van der Waals surface area contributed by atoms with Crippen molar-refractivity contribution < 1.29 is 4.52 Å². The first-order valence-corrected chi connectivity index (χ1v) is 5.61. The highest BCUT2D eigenvalue weighted by Gasteiger charge is 2.12. The molecule has 0 unspecified atom stereocenters. The lowest BCUT2D eigenvalue weighted by Gasteiger charge is -2.01. The maximum absolute atomic E-state index is 6.22. The normalized spacial score (nSPS) is 10.9. The second kappa shape index (κ2) is 3.86. The Labute approximate surface area is 103 Å². The lowest BCUT2D eigenvalue weighted by molar-refractivity contribution is 0.443. The zero-order valence-electron chi connectivity index (χ0n) is 9.14. The molecule has 1 aromatic carbocycles. The largest absolute Gasteiger partial charge is 0.335 e. The van der Waals surface area contributed by atoms with Crippen LogP contribution in [0, 0.1) is 6.92 Å². The smallest absolute Gasteiger partial charge is 0.260 e. The molecule has 3 aromatic rings. The van der Waals surface area contributed by atoms with Crippen molar-refractivity contribution in [2.75, 3.05) is 0 Å². The Morgan fingerprint density at radius 1 is 1.18 bits per heavy atom. The third-order valence-corrected chi connectivity index (χ3v) is 2.94. The highest BCUT2D eigenvalue weighted by Crippen LogP contribution is 2.29. The average molecular weight is 245 g/mol. The molecule has 4 heteroatoms. The Bertz CT molecular complexity index is 676. The fourth-order valence-corrected chi connectivity index (χ4v) is 2.12. The van der Waals surface area contributed by atoms with Gasteiger partial charge in [0.05, 0.1) is 21.8 Å². The molecule has 0 bridgehead atoms. The van der Waals surface area contributed by atoms with Gasteiger partial charge in [-0.05, 0) is 13.0 Å². The molecular formula is C13H9ClN2O.